The molecule has 0 fully saturated rings. The van der Waals surface area contributed by atoms with Gasteiger partial charge in [0.25, 0.3) is 17.4 Å². The van der Waals surface area contributed by atoms with Crippen LogP contribution in [-0.4, -0.2) is 23.4 Å². The zero-order valence-electron chi connectivity index (χ0n) is 15.7. The summed E-state index contributed by atoms with van der Waals surface area (Å²) in [5.74, 6) is -0.449. The van der Waals surface area contributed by atoms with Crippen LogP contribution in [0.5, 0.6) is 5.75 Å². The molecule has 0 spiro atoms. The molecule has 0 bridgehead atoms. The number of nitrogens with two attached hydrogens (primary N) is 1. The van der Waals surface area contributed by atoms with Crippen molar-refractivity contribution in [3.05, 3.63) is 75.7 Å². The summed E-state index contributed by atoms with van der Waals surface area (Å²) in [4.78, 5) is 38.6. The maximum absolute atomic E-state index is 12.4. The second-order valence-corrected chi connectivity index (χ2v) is 7.12. The van der Waals surface area contributed by atoms with E-state index in [0.717, 1.165) is 28.5 Å². The van der Waals surface area contributed by atoms with Crippen LogP contribution in [-0.2, 0) is 11.2 Å². The van der Waals surface area contributed by atoms with Gasteiger partial charge in [0.05, 0.1) is 6.04 Å². The van der Waals surface area contributed by atoms with Gasteiger partial charge in [0.1, 0.15) is 11.3 Å². The predicted molar refractivity (Wildman–Crippen MR) is 109 cm³/mol. The first-order chi connectivity index (χ1) is 14.0. The van der Waals surface area contributed by atoms with Gasteiger partial charge in [-0.1, -0.05) is 30.3 Å². The summed E-state index contributed by atoms with van der Waals surface area (Å²) < 4.78 is 5.64. The Kier molecular flexibility index (Phi) is 5.03. The number of aromatic nitrogens is 1. The van der Waals surface area contributed by atoms with Crippen molar-refractivity contribution in [1.29, 1.82) is 0 Å². The van der Waals surface area contributed by atoms with Gasteiger partial charge in [-0.2, -0.15) is 0 Å². The van der Waals surface area contributed by atoms with Crippen LogP contribution in [0.2, 0.25) is 0 Å². The summed E-state index contributed by atoms with van der Waals surface area (Å²) in [6, 6.07) is 14.8. The minimum atomic E-state index is -0.788. The van der Waals surface area contributed by atoms with Crippen LogP contribution in [0.15, 0.2) is 53.3 Å². The number of fused-ring (bicyclic) bond motifs is 2. The Labute approximate surface area is 166 Å². The topological polar surface area (TPSA) is 114 Å². The lowest BCUT2D eigenvalue weighted by Gasteiger charge is -2.26. The number of aryl methyl sites for hydroxylation is 1. The fourth-order valence-electron chi connectivity index (χ4n) is 3.72. The van der Waals surface area contributed by atoms with Crippen LogP contribution in [0.1, 0.15) is 40.5 Å². The summed E-state index contributed by atoms with van der Waals surface area (Å²) in [5.41, 5.74) is 6.14. The number of rotatable bonds is 5. The average Bonchev–Trinajstić information content (AvgIpc) is 2.71. The number of hydrogen-bond acceptors (Lipinski definition) is 4. The Hall–Kier alpha value is -3.61. The van der Waals surface area contributed by atoms with Gasteiger partial charge < -0.3 is 20.8 Å². The molecule has 0 saturated heterocycles. The van der Waals surface area contributed by atoms with Gasteiger partial charge in [0.15, 0.2) is 6.61 Å². The van der Waals surface area contributed by atoms with E-state index in [9.17, 15) is 14.4 Å². The molecule has 4 N–H and O–H groups in total. The fourth-order valence-corrected chi connectivity index (χ4v) is 3.72. The number of amides is 2. The lowest BCUT2D eigenvalue weighted by Crippen LogP contribution is -2.36. The third-order valence-electron chi connectivity index (χ3n) is 5.14. The van der Waals surface area contributed by atoms with Crippen LogP contribution in [0, 0.1) is 0 Å². The van der Waals surface area contributed by atoms with E-state index in [1.165, 1.54) is 6.07 Å². The summed E-state index contributed by atoms with van der Waals surface area (Å²) in [6.45, 7) is -0.129. The van der Waals surface area contributed by atoms with Crippen LogP contribution in [0.4, 0.5) is 0 Å². The van der Waals surface area contributed by atoms with Gasteiger partial charge in [-0.25, -0.2) is 0 Å². The molecular formula is C22H21N3O4. The normalized spacial score (nSPS) is 15.5. The summed E-state index contributed by atoms with van der Waals surface area (Å²) in [5, 5.41) is 5.07. The quantitative estimate of drug-likeness (QED) is 0.618. The Bertz CT molecular complexity index is 1150. The standard InChI is InChI=1S/C22H21N3O4/c23-21(27)17-11-16-18(6-3-7-19(16)25-22(17)28)24-20(26)12-29-15-9-8-13-4-1-2-5-14(13)10-15/h1-2,4-5,8-11,18H,3,6-7,12H2,(H2,23,27)(H,24,26)(H,25,28). The number of benzene rings is 2. The lowest BCUT2D eigenvalue weighted by molar-refractivity contribution is -0.124. The highest BCUT2D eigenvalue weighted by molar-refractivity contribution is 5.92. The zero-order valence-corrected chi connectivity index (χ0v) is 15.7. The van der Waals surface area contributed by atoms with Gasteiger partial charge in [-0.3, -0.25) is 14.4 Å². The predicted octanol–water partition coefficient (Wildman–Crippen LogP) is 2.20. The molecule has 0 saturated carbocycles. The van der Waals surface area contributed by atoms with Crippen molar-refractivity contribution < 1.29 is 14.3 Å². The van der Waals surface area contributed by atoms with E-state index in [1.54, 1.807) is 0 Å². The number of carbonyl (C=O) groups is 2. The molecule has 1 aliphatic rings. The van der Waals surface area contributed by atoms with Gasteiger partial charge in [0, 0.05) is 5.69 Å². The fraction of sp³-hybridized carbons (Fsp3) is 0.227. The number of aromatic amines is 1. The highest BCUT2D eigenvalue weighted by atomic mass is 16.5. The molecule has 0 aliphatic heterocycles. The third kappa shape index (κ3) is 3.99. The largest absolute Gasteiger partial charge is 0.484 e. The second-order valence-electron chi connectivity index (χ2n) is 7.12. The average molecular weight is 391 g/mol. The van der Waals surface area contributed by atoms with Crippen LogP contribution in [0.3, 0.4) is 0 Å². The molecule has 148 valence electrons. The molecule has 3 aromatic rings. The van der Waals surface area contributed by atoms with Crippen LogP contribution in [0.25, 0.3) is 10.8 Å². The van der Waals surface area contributed by atoms with Gasteiger partial charge >= 0.3 is 0 Å². The highest BCUT2D eigenvalue weighted by Gasteiger charge is 2.25. The lowest BCUT2D eigenvalue weighted by atomic mass is 9.90. The molecule has 7 nitrogen and oxygen atoms in total. The molecule has 2 amide bonds. The molecule has 7 heteroatoms. The Balaban J connectivity index is 1.45. The van der Waals surface area contributed by atoms with E-state index in [-0.39, 0.29) is 24.1 Å². The van der Waals surface area contributed by atoms with Gasteiger partial charge in [0.2, 0.25) is 0 Å². The summed E-state index contributed by atoms with van der Waals surface area (Å²) in [6.07, 6.45) is 2.21. The van der Waals surface area contributed by atoms with Crippen molar-refractivity contribution in [2.24, 2.45) is 5.73 Å². The first-order valence-corrected chi connectivity index (χ1v) is 9.48. The Morgan fingerprint density at radius 3 is 2.72 bits per heavy atom. The first-order valence-electron chi connectivity index (χ1n) is 9.48. The number of ether oxygens (including phenoxy) is 1. The monoisotopic (exact) mass is 391 g/mol. The number of nitrogens with one attached hydrogen (secondary N) is 2. The minimum absolute atomic E-state index is 0.0997. The highest BCUT2D eigenvalue weighted by Crippen LogP contribution is 2.28. The van der Waals surface area contributed by atoms with Crippen molar-refractivity contribution in [2.45, 2.75) is 25.3 Å². The third-order valence-corrected chi connectivity index (χ3v) is 5.14. The van der Waals surface area contributed by atoms with Gasteiger partial charge in [-0.15, -0.1) is 0 Å². The van der Waals surface area contributed by atoms with E-state index in [1.807, 2.05) is 42.5 Å². The smallest absolute Gasteiger partial charge is 0.261 e. The molecule has 1 aromatic heterocycles. The van der Waals surface area contributed by atoms with E-state index in [4.69, 9.17) is 10.5 Å². The molecule has 2 aromatic carbocycles. The second kappa shape index (κ2) is 7.79. The van der Waals surface area contributed by atoms with E-state index in [2.05, 4.69) is 10.3 Å². The van der Waals surface area contributed by atoms with E-state index < -0.39 is 11.5 Å². The maximum atomic E-state index is 12.4. The maximum Gasteiger partial charge on any atom is 0.261 e. The van der Waals surface area contributed by atoms with Crippen molar-refractivity contribution in [3.63, 3.8) is 0 Å². The first kappa shape index (κ1) is 18.7. The number of H-pyrrole nitrogens is 1. The molecule has 0 radical (unpaired) electrons. The number of primary amides is 1. The van der Waals surface area contributed by atoms with Gasteiger partial charge in [-0.05, 0) is 53.8 Å². The van der Waals surface area contributed by atoms with Crippen molar-refractivity contribution >= 4 is 22.6 Å². The number of hydrogen-bond donors (Lipinski definition) is 3. The Morgan fingerprint density at radius 2 is 1.93 bits per heavy atom. The minimum Gasteiger partial charge on any atom is -0.484 e. The van der Waals surface area contributed by atoms with Crippen LogP contribution < -0.4 is 21.3 Å². The van der Waals surface area contributed by atoms with E-state index >= 15 is 0 Å². The molecule has 29 heavy (non-hydrogen) atoms. The van der Waals surface area contributed by atoms with Crippen molar-refractivity contribution in [1.82, 2.24) is 10.3 Å². The summed E-state index contributed by atoms with van der Waals surface area (Å²) >= 11 is 0. The summed E-state index contributed by atoms with van der Waals surface area (Å²) in [7, 11) is 0. The SMILES string of the molecule is NC(=O)c1cc2c([nH]c1=O)CCCC2NC(=O)COc1ccc2ccccc2c1. The molecule has 1 heterocycles. The number of carbonyl (C=O) groups excluding carboxylic acids is 2. The molecule has 4 rings (SSSR count). The Morgan fingerprint density at radius 1 is 1.14 bits per heavy atom. The molecule has 1 aliphatic carbocycles. The zero-order chi connectivity index (χ0) is 20.4. The molecule has 1 atom stereocenters. The van der Waals surface area contributed by atoms with Crippen LogP contribution >= 0.6 is 0 Å². The number of pyridine rings is 1. The molecular weight excluding hydrogens is 370 g/mol. The molecule has 1 unspecified atom stereocenters. The van der Waals surface area contributed by atoms with Crippen molar-refractivity contribution in [3.8, 4) is 5.75 Å². The van der Waals surface area contributed by atoms with E-state index in [0.29, 0.717) is 18.6 Å². The van der Waals surface area contributed by atoms with Crippen molar-refractivity contribution in [2.75, 3.05) is 6.61 Å².